The summed E-state index contributed by atoms with van der Waals surface area (Å²) in [6.07, 6.45) is 0. The van der Waals surface area contributed by atoms with Gasteiger partial charge in [0.1, 0.15) is 17.3 Å². The molecule has 1 heterocycles. The topological polar surface area (TPSA) is 84.3 Å². The summed E-state index contributed by atoms with van der Waals surface area (Å²) in [5.41, 5.74) is 0.536. The van der Waals surface area contributed by atoms with Crippen LogP contribution in [0.4, 0.5) is 4.39 Å². The third-order valence-electron chi connectivity index (χ3n) is 4.15. The molecule has 0 saturated heterocycles. The summed E-state index contributed by atoms with van der Waals surface area (Å²) in [5.74, 6) is -0.538. The fraction of sp³-hybridized carbons (Fsp3) is 0.227. The molecule has 2 aromatic carbocycles. The second-order valence-corrected chi connectivity index (χ2v) is 7.78. The Morgan fingerprint density at radius 3 is 2.47 bits per heavy atom. The molecule has 0 aliphatic rings. The highest BCUT2D eigenvalue weighted by atomic mass is 35.5. The second-order valence-electron chi connectivity index (χ2n) is 7.34. The summed E-state index contributed by atoms with van der Waals surface area (Å²) in [4.78, 5) is 21.5. The van der Waals surface area contributed by atoms with Crippen molar-refractivity contribution in [1.82, 2.24) is 15.3 Å². The van der Waals surface area contributed by atoms with Gasteiger partial charge in [0.25, 0.3) is 5.91 Å². The smallest absolute Gasteiger partial charge is 0.270 e. The molecule has 0 spiro atoms. The van der Waals surface area contributed by atoms with E-state index in [0.717, 1.165) is 0 Å². The number of methoxy groups -OCH3 is 1. The Labute approximate surface area is 178 Å². The van der Waals surface area contributed by atoms with Crippen molar-refractivity contribution < 1.29 is 19.0 Å². The molecule has 0 fully saturated rings. The lowest BCUT2D eigenvalue weighted by atomic mass is 10.1. The van der Waals surface area contributed by atoms with Crippen molar-refractivity contribution >= 4 is 17.5 Å². The quantitative estimate of drug-likeness (QED) is 0.616. The molecule has 0 aliphatic heterocycles. The van der Waals surface area contributed by atoms with Gasteiger partial charge >= 0.3 is 0 Å². The van der Waals surface area contributed by atoms with E-state index in [4.69, 9.17) is 16.3 Å². The lowest BCUT2D eigenvalue weighted by Gasteiger charge is -2.17. The Bertz CT molecular complexity index is 1070. The molecule has 1 amide bonds. The Morgan fingerprint density at radius 2 is 1.83 bits per heavy atom. The molecule has 0 atom stereocenters. The fourth-order valence-electron chi connectivity index (χ4n) is 2.66. The molecule has 0 bridgehead atoms. The Kier molecular flexibility index (Phi) is 6.34. The maximum Gasteiger partial charge on any atom is 0.270 e. The molecule has 3 aromatic rings. The van der Waals surface area contributed by atoms with Crippen LogP contribution in [0, 0.1) is 5.82 Å². The Hall–Kier alpha value is -3.03. The van der Waals surface area contributed by atoms with Gasteiger partial charge < -0.3 is 15.2 Å². The molecule has 2 N–H and O–H groups in total. The molecule has 8 heteroatoms. The number of hydrogen-bond acceptors (Lipinski definition) is 5. The number of ether oxygens (including phenoxy) is 1. The first-order chi connectivity index (χ1) is 14.1. The first-order valence-corrected chi connectivity index (χ1v) is 9.53. The molecule has 0 unspecified atom stereocenters. The van der Waals surface area contributed by atoms with Crippen LogP contribution in [0.15, 0.2) is 48.5 Å². The highest BCUT2D eigenvalue weighted by Gasteiger charge is 2.18. The number of amides is 1. The van der Waals surface area contributed by atoms with E-state index in [2.05, 4.69) is 15.3 Å². The number of rotatable bonds is 6. The number of benzene rings is 2. The molecule has 6 nitrogen and oxygen atoms in total. The van der Waals surface area contributed by atoms with Crippen molar-refractivity contribution in [3.63, 3.8) is 0 Å². The van der Waals surface area contributed by atoms with Gasteiger partial charge in [0.2, 0.25) is 0 Å². The van der Waals surface area contributed by atoms with Crippen LogP contribution in [0.1, 0.15) is 24.3 Å². The molecule has 0 radical (unpaired) electrons. The monoisotopic (exact) mass is 429 g/mol. The molecule has 156 valence electrons. The number of carbonyl (C=O) groups is 1. The molecule has 30 heavy (non-hydrogen) atoms. The molecule has 1 aromatic heterocycles. The molecule has 3 rings (SSSR count). The molecule has 0 saturated carbocycles. The van der Waals surface area contributed by atoms with Gasteiger partial charge in [-0.2, -0.15) is 0 Å². The van der Waals surface area contributed by atoms with Crippen LogP contribution in [0.3, 0.4) is 0 Å². The average molecular weight is 430 g/mol. The van der Waals surface area contributed by atoms with Crippen molar-refractivity contribution in [3.05, 3.63) is 65.1 Å². The molecular formula is C22H21ClFN3O3. The normalized spacial score (nSPS) is 11.3. The second kappa shape index (κ2) is 8.77. The van der Waals surface area contributed by atoms with E-state index in [9.17, 15) is 14.3 Å². The van der Waals surface area contributed by atoms with Gasteiger partial charge in [-0.05, 0) is 44.2 Å². The van der Waals surface area contributed by atoms with Crippen LogP contribution in [0.5, 0.6) is 5.75 Å². The van der Waals surface area contributed by atoms with Crippen molar-refractivity contribution in [2.24, 2.45) is 0 Å². The summed E-state index contributed by atoms with van der Waals surface area (Å²) in [6.45, 7) is 3.20. The lowest BCUT2D eigenvalue weighted by Crippen LogP contribution is -2.38. The highest BCUT2D eigenvalue weighted by Crippen LogP contribution is 2.27. The summed E-state index contributed by atoms with van der Waals surface area (Å²) < 4.78 is 19.1. The van der Waals surface area contributed by atoms with E-state index in [1.165, 1.54) is 25.3 Å². The van der Waals surface area contributed by atoms with Gasteiger partial charge in [-0.15, -0.1) is 0 Å². The zero-order chi connectivity index (χ0) is 21.9. The Balaban J connectivity index is 2.09. The molecular weight excluding hydrogens is 409 g/mol. The van der Waals surface area contributed by atoms with Crippen molar-refractivity contribution in [2.75, 3.05) is 13.7 Å². The summed E-state index contributed by atoms with van der Waals surface area (Å²) >= 11 is 5.97. The SMILES string of the molecule is COc1cc(F)cc(-c2nc(C(=O)NCC(C)(C)O)cc(-c3ccc(Cl)cc3)n2)c1. The first kappa shape index (κ1) is 21.7. The van der Waals surface area contributed by atoms with Crippen LogP contribution in [0.25, 0.3) is 22.6 Å². The van der Waals surface area contributed by atoms with Gasteiger partial charge in [0.15, 0.2) is 5.82 Å². The third kappa shape index (κ3) is 5.52. The van der Waals surface area contributed by atoms with Crippen LogP contribution in [0.2, 0.25) is 5.02 Å². The van der Waals surface area contributed by atoms with Crippen LogP contribution < -0.4 is 10.1 Å². The molecule has 0 aliphatic carbocycles. The first-order valence-electron chi connectivity index (χ1n) is 9.15. The predicted octanol–water partition coefficient (Wildman–Crippen LogP) is 4.11. The van der Waals surface area contributed by atoms with Gasteiger partial charge in [-0.1, -0.05) is 23.7 Å². The van der Waals surface area contributed by atoms with Crippen molar-refractivity contribution in [3.8, 4) is 28.4 Å². The number of carbonyl (C=O) groups excluding carboxylic acids is 1. The summed E-state index contributed by atoms with van der Waals surface area (Å²) in [6, 6.07) is 12.6. The number of nitrogens with one attached hydrogen (secondary N) is 1. The van der Waals surface area contributed by atoms with Crippen molar-refractivity contribution in [1.29, 1.82) is 0 Å². The fourth-order valence-corrected chi connectivity index (χ4v) is 2.78. The Morgan fingerprint density at radius 1 is 1.13 bits per heavy atom. The number of nitrogens with zero attached hydrogens (tertiary/aromatic N) is 2. The maximum atomic E-state index is 14.0. The summed E-state index contributed by atoms with van der Waals surface area (Å²) in [5, 5.41) is 13.1. The number of aromatic nitrogens is 2. The predicted molar refractivity (Wildman–Crippen MR) is 113 cm³/mol. The van der Waals surface area contributed by atoms with E-state index in [-0.39, 0.29) is 18.1 Å². The number of hydrogen-bond donors (Lipinski definition) is 2. The number of halogens is 2. The minimum atomic E-state index is -1.08. The van der Waals surface area contributed by atoms with Crippen LogP contribution >= 0.6 is 11.6 Å². The average Bonchev–Trinajstić information content (AvgIpc) is 2.71. The van der Waals surface area contributed by atoms with Gasteiger partial charge in [-0.25, -0.2) is 14.4 Å². The van der Waals surface area contributed by atoms with Crippen LogP contribution in [-0.4, -0.2) is 40.2 Å². The number of aliphatic hydroxyl groups is 1. The van der Waals surface area contributed by atoms with Crippen molar-refractivity contribution in [2.45, 2.75) is 19.4 Å². The van der Waals surface area contributed by atoms with E-state index in [0.29, 0.717) is 27.6 Å². The van der Waals surface area contributed by atoms with Gasteiger partial charge in [-0.3, -0.25) is 4.79 Å². The zero-order valence-electron chi connectivity index (χ0n) is 16.7. The zero-order valence-corrected chi connectivity index (χ0v) is 17.5. The van der Waals surface area contributed by atoms with E-state index < -0.39 is 17.3 Å². The largest absolute Gasteiger partial charge is 0.497 e. The standard InChI is InChI=1S/C22H21ClFN3O3/c1-22(2,29)12-25-21(28)19-11-18(13-4-6-15(23)7-5-13)26-20(27-19)14-8-16(24)10-17(9-14)30-3/h4-11,29H,12H2,1-3H3,(H,25,28). The highest BCUT2D eigenvalue weighted by molar-refractivity contribution is 6.30. The van der Waals surface area contributed by atoms with Crippen LogP contribution in [-0.2, 0) is 0 Å². The third-order valence-corrected chi connectivity index (χ3v) is 4.40. The van der Waals surface area contributed by atoms with Gasteiger partial charge in [0.05, 0.1) is 18.4 Å². The maximum absolute atomic E-state index is 14.0. The van der Waals surface area contributed by atoms with E-state index >= 15 is 0 Å². The minimum absolute atomic E-state index is 0.0369. The van der Waals surface area contributed by atoms with E-state index in [1.807, 2.05) is 0 Å². The minimum Gasteiger partial charge on any atom is -0.497 e. The van der Waals surface area contributed by atoms with E-state index in [1.54, 1.807) is 44.2 Å². The summed E-state index contributed by atoms with van der Waals surface area (Å²) in [7, 11) is 1.43. The lowest BCUT2D eigenvalue weighted by molar-refractivity contribution is 0.0692. The van der Waals surface area contributed by atoms with Gasteiger partial charge in [0, 0.05) is 28.8 Å².